The molecule has 0 radical (unpaired) electrons. The molecule has 0 spiro atoms. The number of hydrogen-bond acceptors (Lipinski definition) is 2. The van der Waals surface area contributed by atoms with Crippen LogP contribution in [0, 0.1) is 5.92 Å². The number of rotatable bonds is 1. The summed E-state index contributed by atoms with van der Waals surface area (Å²) in [6.45, 7) is 4.28. The Morgan fingerprint density at radius 3 is 3.08 bits per heavy atom. The minimum Gasteiger partial charge on any atom is -0.393 e. The molecule has 0 unspecified atom stereocenters. The van der Waals surface area contributed by atoms with Crippen LogP contribution < -0.4 is 0 Å². The van der Waals surface area contributed by atoms with Gasteiger partial charge in [-0.3, -0.25) is 0 Å². The molecule has 1 saturated heterocycles. The number of aliphatic hydroxyl groups is 1. The first-order chi connectivity index (χ1) is 5.65. The van der Waals surface area contributed by atoms with Crippen molar-refractivity contribution in [2.45, 2.75) is 38.4 Å². The second kappa shape index (κ2) is 2.57. The Morgan fingerprint density at radius 1 is 1.75 bits per heavy atom. The Balaban J connectivity index is 2.21. The Labute approximate surface area is 73.2 Å². The Kier molecular flexibility index (Phi) is 1.77. The largest absolute Gasteiger partial charge is 0.393 e. The van der Waals surface area contributed by atoms with Crippen molar-refractivity contribution in [3.05, 3.63) is 11.6 Å². The second-order valence-corrected chi connectivity index (χ2v) is 4.19. The fraction of sp³-hybridized carbons (Fsp3) is 0.800. The van der Waals surface area contributed by atoms with E-state index >= 15 is 0 Å². The quantitative estimate of drug-likeness (QED) is 0.601. The third kappa shape index (κ3) is 1.02. The Hall–Kier alpha value is -0.340. The van der Waals surface area contributed by atoms with E-state index in [0.29, 0.717) is 5.92 Å². The summed E-state index contributed by atoms with van der Waals surface area (Å²) in [6.07, 6.45) is 4.69. The van der Waals surface area contributed by atoms with Crippen molar-refractivity contribution in [1.29, 1.82) is 0 Å². The van der Waals surface area contributed by atoms with Gasteiger partial charge in [0.25, 0.3) is 0 Å². The molecule has 2 heteroatoms. The van der Waals surface area contributed by atoms with Crippen LogP contribution in [0.1, 0.15) is 26.7 Å². The average molecular weight is 168 g/mol. The minimum absolute atomic E-state index is 0.148. The Bertz CT molecular complexity index is 222. The number of ether oxygens (including phenoxy) is 1. The highest BCUT2D eigenvalue weighted by molar-refractivity contribution is 5.16. The summed E-state index contributed by atoms with van der Waals surface area (Å²) in [5.74, 6) is 0.524. The lowest BCUT2D eigenvalue weighted by molar-refractivity contribution is -0.0642. The van der Waals surface area contributed by atoms with Gasteiger partial charge >= 0.3 is 0 Å². The first-order valence-corrected chi connectivity index (χ1v) is 4.61. The van der Waals surface area contributed by atoms with Gasteiger partial charge in [-0.25, -0.2) is 0 Å². The van der Waals surface area contributed by atoms with E-state index in [0.717, 1.165) is 12.8 Å². The SMILES string of the molecule is CC1=CC[C@@H]2C[C@H]1O[C@@]2(C)CO. The van der Waals surface area contributed by atoms with Crippen molar-refractivity contribution in [3.8, 4) is 0 Å². The Morgan fingerprint density at radius 2 is 2.50 bits per heavy atom. The molecule has 2 bridgehead atoms. The normalized spacial score (nSPS) is 46.1. The molecule has 0 aromatic heterocycles. The van der Waals surface area contributed by atoms with Crippen molar-refractivity contribution < 1.29 is 9.84 Å². The van der Waals surface area contributed by atoms with Gasteiger partial charge in [0, 0.05) is 0 Å². The van der Waals surface area contributed by atoms with Crippen LogP contribution in [0.2, 0.25) is 0 Å². The summed E-state index contributed by atoms with van der Waals surface area (Å²) in [5.41, 5.74) is 1.06. The molecule has 1 fully saturated rings. The summed E-state index contributed by atoms with van der Waals surface area (Å²) in [4.78, 5) is 0. The van der Waals surface area contributed by atoms with Crippen LogP contribution in [0.4, 0.5) is 0 Å². The highest BCUT2D eigenvalue weighted by Crippen LogP contribution is 2.43. The topological polar surface area (TPSA) is 29.5 Å². The molecule has 0 saturated carbocycles. The van der Waals surface area contributed by atoms with E-state index in [-0.39, 0.29) is 18.3 Å². The van der Waals surface area contributed by atoms with Gasteiger partial charge in [0.05, 0.1) is 18.3 Å². The average Bonchev–Trinajstić information content (AvgIpc) is 2.35. The maximum atomic E-state index is 9.21. The van der Waals surface area contributed by atoms with Crippen molar-refractivity contribution >= 4 is 0 Å². The third-order valence-corrected chi connectivity index (χ3v) is 3.32. The lowest BCUT2D eigenvalue weighted by Gasteiger charge is -2.26. The van der Waals surface area contributed by atoms with E-state index in [1.165, 1.54) is 5.57 Å². The molecule has 2 nitrogen and oxygen atoms in total. The van der Waals surface area contributed by atoms with Gasteiger partial charge in [-0.05, 0) is 38.2 Å². The van der Waals surface area contributed by atoms with Crippen LogP contribution >= 0.6 is 0 Å². The van der Waals surface area contributed by atoms with E-state index in [4.69, 9.17) is 4.74 Å². The van der Waals surface area contributed by atoms with Crippen LogP contribution in [0.5, 0.6) is 0 Å². The van der Waals surface area contributed by atoms with E-state index < -0.39 is 0 Å². The zero-order valence-corrected chi connectivity index (χ0v) is 7.71. The van der Waals surface area contributed by atoms with Gasteiger partial charge in [-0.1, -0.05) is 6.08 Å². The summed E-state index contributed by atoms with van der Waals surface area (Å²) in [7, 11) is 0. The van der Waals surface area contributed by atoms with Gasteiger partial charge in [-0.15, -0.1) is 0 Å². The highest BCUT2D eigenvalue weighted by atomic mass is 16.5. The number of aliphatic hydroxyl groups excluding tert-OH is 1. The number of allylic oxidation sites excluding steroid dienone is 1. The lowest BCUT2D eigenvalue weighted by Crippen LogP contribution is -2.35. The first-order valence-electron chi connectivity index (χ1n) is 4.61. The van der Waals surface area contributed by atoms with E-state index in [1.807, 2.05) is 6.92 Å². The second-order valence-electron chi connectivity index (χ2n) is 4.19. The molecule has 3 atom stereocenters. The molecule has 1 heterocycles. The standard InChI is InChI=1S/C10H16O2/c1-7-3-4-8-5-9(7)12-10(8,2)6-11/h3,8-9,11H,4-6H2,1-2H3/t8-,9-,10+/m1/s1. The van der Waals surface area contributed by atoms with Crippen molar-refractivity contribution in [3.63, 3.8) is 0 Å². The van der Waals surface area contributed by atoms with Gasteiger partial charge in [-0.2, -0.15) is 0 Å². The molecule has 2 rings (SSSR count). The number of hydrogen-bond donors (Lipinski definition) is 1. The van der Waals surface area contributed by atoms with Crippen molar-refractivity contribution in [2.24, 2.45) is 5.92 Å². The van der Waals surface area contributed by atoms with Crippen LogP contribution in [-0.4, -0.2) is 23.4 Å². The van der Waals surface area contributed by atoms with E-state index in [9.17, 15) is 5.11 Å². The van der Waals surface area contributed by atoms with Crippen LogP contribution in [0.25, 0.3) is 0 Å². The molecule has 1 N–H and O–H groups in total. The van der Waals surface area contributed by atoms with Gasteiger partial charge < -0.3 is 9.84 Å². The zero-order valence-electron chi connectivity index (χ0n) is 7.71. The van der Waals surface area contributed by atoms with Crippen LogP contribution in [0.15, 0.2) is 11.6 Å². The zero-order chi connectivity index (χ0) is 8.77. The first kappa shape index (κ1) is 8.27. The summed E-state index contributed by atoms with van der Waals surface area (Å²) in [6, 6.07) is 0. The molecule has 1 aliphatic carbocycles. The van der Waals surface area contributed by atoms with Crippen molar-refractivity contribution in [2.75, 3.05) is 6.61 Å². The monoisotopic (exact) mass is 168 g/mol. The molecule has 0 aromatic carbocycles. The summed E-state index contributed by atoms with van der Waals surface area (Å²) in [5, 5.41) is 9.21. The predicted octanol–water partition coefficient (Wildman–Crippen LogP) is 1.49. The third-order valence-electron chi connectivity index (χ3n) is 3.32. The molecule has 1 aliphatic heterocycles. The fourth-order valence-electron chi connectivity index (χ4n) is 2.23. The van der Waals surface area contributed by atoms with Crippen LogP contribution in [0.3, 0.4) is 0 Å². The van der Waals surface area contributed by atoms with Crippen LogP contribution in [-0.2, 0) is 4.74 Å². The van der Waals surface area contributed by atoms with Gasteiger partial charge in [0.15, 0.2) is 0 Å². The maximum Gasteiger partial charge on any atom is 0.0924 e. The molecule has 12 heavy (non-hydrogen) atoms. The summed E-state index contributed by atoms with van der Waals surface area (Å²) < 4.78 is 5.82. The summed E-state index contributed by atoms with van der Waals surface area (Å²) >= 11 is 0. The maximum absolute atomic E-state index is 9.21. The van der Waals surface area contributed by atoms with E-state index in [1.54, 1.807) is 0 Å². The van der Waals surface area contributed by atoms with E-state index in [2.05, 4.69) is 13.0 Å². The predicted molar refractivity (Wildman–Crippen MR) is 46.8 cm³/mol. The smallest absolute Gasteiger partial charge is 0.0924 e. The molecule has 2 aliphatic rings. The molecule has 0 amide bonds. The highest BCUT2D eigenvalue weighted by Gasteiger charge is 2.46. The molecule has 0 aromatic rings. The fourth-order valence-corrected chi connectivity index (χ4v) is 2.23. The van der Waals surface area contributed by atoms with Crippen molar-refractivity contribution in [1.82, 2.24) is 0 Å². The lowest BCUT2D eigenvalue weighted by atomic mass is 9.82. The van der Waals surface area contributed by atoms with Gasteiger partial charge in [0.1, 0.15) is 0 Å². The minimum atomic E-state index is -0.279. The molecule has 68 valence electrons. The van der Waals surface area contributed by atoms with Gasteiger partial charge in [0.2, 0.25) is 0 Å². The molecular weight excluding hydrogens is 152 g/mol. The molecular formula is C10H16O2. The number of fused-ring (bicyclic) bond motifs is 2.